The van der Waals surface area contributed by atoms with Crippen molar-refractivity contribution in [3.05, 3.63) is 48.2 Å². The molecular formula is C12H8N. The van der Waals surface area contributed by atoms with Crippen LogP contribution in [-0.4, -0.2) is 0 Å². The maximum Gasteiger partial charge on any atom is 0.0545 e. The Kier molecular flexibility index (Phi) is 1.22. The topological polar surface area (TPSA) is 12.0 Å². The normalized spacial score (nSPS) is 12.9. The van der Waals surface area contributed by atoms with Gasteiger partial charge in [0.15, 0.2) is 0 Å². The van der Waals surface area contributed by atoms with Crippen LogP contribution in [-0.2, 0) is 0 Å². The number of hydrogen-bond acceptors (Lipinski definition) is 1. The van der Waals surface area contributed by atoms with Crippen molar-refractivity contribution in [1.82, 2.24) is 0 Å². The van der Waals surface area contributed by atoms with Crippen LogP contribution in [0.1, 0.15) is 5.56 Å². The van der Waals surface area contributed by atoms with Crippen molar-refractivity contribution >= 4 is 22.5 Å². The summed E-state index contributed by atoms with van der Waals surface area (Å²) in [6, 6.07) is 13.6. The first-order chi connectivity index (χ1) is 6.45. The molecule has 2 aromatic rings. The van der Waals surface area contributed by atoms with Crippen LogP contribution in [0.15, 0.2) is 36.5 Å². The van der Waals surface area contributed by atoms with Crippen LogP contribution in [0, 0.1) is 6.07 Å². The second-order valence-corrected chi connectivity index (χ2v) is 3.14. The van der Waals surface area contributed by atoms with E-state index in [-0.39, 0.29) is 0 Å². The molecule has 1 heteroatoms. The van der Waals surface area contributed by atoms with E-state index in [0.29, 0.717) is 0 Å². The first-order valence-electron chi connectivity index (χ1n) is 4.32. The van der Waals surface area contributed by atoms with Gasteiger partial charge in [-0.05, 0) is 17.0 Å². The van der Waals surface area contributed by atoms with Crippen LogP contribution in [0.3, 0.4) is 0 Å². The largest absolute Gasteiger partial charge is 0.361 e. The summed E-state index contributed by atoms with van der Waals surface area (Å²) in [5, 5.41) is 5.73. The zero-order valence-electron chi connectivity index (χ0n) is 7.04. The van der Waals surface area contributed by atoms with Crippen molar-refractivity contribution in [2.45, 2.75) is 0 Å². The molecule has 0 atom stereocenters. The number of rotatable bonds is 0. The van der Waals surface area contributed by atoms with E-state index in [1.54, 1.807) is 0 Å². The van der Waals surface area contributed by atoms with Gasteiger partial charge in [-0.25, -0.2) is 0 Å². The third-order valence-corrected chi connectivity index (χ3v) is 2.36. The minimum absolute atomic E-state index is 1.08. The van der Waals surface area contributed by atoms with Gasteiger partial charge in [0.25, 0.3) is 0 Å². The highest BCUT2D eigenvalue weighted by molar-refractivity contribution is 6.02. The van der Waals surface area contributed by atoms with Crippen LogP contribution >= 0.6 is 0 Å². The van der Waals surface area contributed by atoms with Gasteiger partial charge in [0.05, 0.1) is 5.69 Å². The van der Waals surface area contributed by atoms with E-state index in [0.717, 1.165) is 5.69 Å². The summed E-state index contributed by atoms with van der Waals surface area (Å²) in [5.41, 5.74) is 2.35. The quantitative estimate of drug-likeness (QED) is 0.634. The van der Waals surface area contributed by atoms with E-state index in [1.165, 1.54) is 16.3 Å². The van der Waals surface area contributed by atoms with Crippen LogP contribution in [0.25, 0.3) is 16.8 Å². The zero-order valence-corrected chi connectivity index (χ0v) is 7.04. The summed E-state index contributed by atoms with van der Waals surface area (Å²) in [7, 11) is 0. The van der Waals surface area contributed by atoms with Gasteiger partial charge in [-0.15, -0.1) is 0 Å². The molecule has 0 bridgehead atoms. The lowest BCUT2D eigenvalue weighted by atomic mass is 10.0. The van der Waals surface area contributed by atoms with E-state index in [9.17, 15) is 0 Å². The third-order valence-electron chi connectivity index (χ3n) is 2.36. The number of anilines is 1. The van der Waals surface area contributed by atoms with Gasteiger partial charge in [0.2, 0.25) is 0 Å². The summed E-state index contributed by atoms with van der Waals surface area (Å²) in [5.74, 6) is 0. The Hall–Kier alpha value is -1.76. The average Bonchev–Trinajstić information content (AvgIpc) is 2.19. The SMILES string of the molecule is [c]1ccc2cccc3c2c1NC=C3. The average molecular weight is 166 g/mol. The van der Waals surface area contributed by atoms with E-state index < -0.39 is 0 Å². The fourth-order valence-electron chi connectivity index (χ4n) is 1.77. The standard InChI is InChI=1S/C12H8N/c1-3-9-5-2-6-11-12(9)10(4-1)7-8-13-11/h1-5,7-8,13H. The van der Waals surface area contributed by atoms with E-state index in [2.05, 4.69) is 41.7 Å². The maximum atomic E-state index is 3.19. The Balaban J connectivity index is 2.56. The monoisotopic (exact) mass is 166 g/mol. The molecule has 1 N–H and O–H groups in total. The minimum Gasteiger partial charge on any atom is -0.361 e. The predicted molar refractivity (Wildman–Crippen MR) is 55.4 cm³/mol. The molecule has 0 saturated heterocycles. The first kappa shape index (κ1) is 6.72. The Labute approximate surface area is 76.7 Å². The van der Waals surface area contributed by atoms with Gasteiger partial charge in [-0.2, -0.15) is 0 Å². The van der Waals surface area contributed by atoms with E-state index in [4.69, 9.17) is 0 Å². The third kappa shape index (κ3) is 0.872. The van der Waals surface area contributed by atoms with E-state index in [1.807, 2.05) is 12.3 Å². The second kappa shape index (κ2) is 2.36. The van der Waals surface area contributed by atoms with Gasteiger partial charge in [-0.1, -0.05) is 30.3 Å². The van der Waals surface area contributed by atoms with Crippen molar-refractivity contribution < 1.29 is 0 Å². The molecule has 0 aliphatic carbocycles. The molecule has 0 unspecified atom stereocenters. The number of nitrogens with one attached hydrogen (secondary N) is 1. The fourth-order valence-corrected chi connectivity index (χ4v) is 1.77. The molecule has 3 rings (SSSR count). The Bertz CT molecular complexity index is 492. The van der Waals surface area contributed by atoms with Gasteiger partial charge in [0, 0.05) is 17.7 Å². The molecule has 1 heterocycles. The Morgan fingerprint density at radius 2 is 2.15 bits per heavy atom. The molecule has 1 nitrogen and oxygen atoms in total. The molecule has 13 heavy (non-hydrogen) atoms. The van der Waals surface area contributed by atoms with Crippen molar-refractivity contribution in [1.29, 1.82) is 0 Å². The Morgan fingerprint density at radius 1 is 1.15 bits per heavy atom. The molecule has 61 valence electrons. The summed E-state index contributed by atoms with van der Waals surface area (Å²) in [6.45, 7) is 0. The molecule has 2 aromatic carbocycles. The summed E-state index contributed by atoms with van der Waals surface area (Å²) >= 11 is 0. The van der Waals surface area contributed by atoms with Gasteiger partial charge < -0.3 is 5.32 Å². The number of hydrogen-bond donors (Lipinski definition) is 1. The van der Waals surface area contributed by atoms with Crippen molar-refractivity contribution in [3.8, 4) is 0 Å². The maximum absolute atomic E-state index is 3.19. The highest BCUT2D eigenvalue weighted by atomic mass is 14.8. The second-order valence-electron chi connectivity index (χ2n) is 3.14. The molecule has 0 amide bonds. The van der Waals surface area contributed by atoms with Gasteiger partial charge in [0.1, 0.15) is 0 Å². The predicted octanol–water partition coefficient (Wildman–Crippen LogP) is 3.04. The van der Waals surface area contributed by atoms with Crippen molar-refractivity contribution in [3.63, 3.8) is 0 Å². The first-order valence-corrected chi connectivity index (χ1v) is 4.32. The molecule has 1 aliphatic rings. The molecular weight excluding hydrogens is 158 g/mol. The van der Waals surface area contributed by atoms with Crippen LogP contribution in [0.2, 0.25) is 0 Å². The number of benzene rings is 2. The summed E-state index contributed by atoms with van der Waals surface area (Å²) in [4.78, 5) is 0. The van der Waals surface area contributed by atoms with Crippen LogP contribution in [0.4, 0.5) is 5.69 Å². The summed E-state index contributed by atoms with van der Waals surface area (Å²) < 4.78 is 0. The van der Waals surface area contributed by atoms with Gasteiger partial charge >= 0.3 is 0 Å². The molecule has 1 aliphatic heterocycles. The lowest BCUT2D eigenvalue weighted by molar-refractivity contribution is 1.58. The summed E-state index contributed by atoms with van der Waals surface area (Å²) in [6.07, 6.45) is 4.04. The smallest absolute Gasteiger partial charge is 0.0545 e. The van der Waals surface area contributed by atoms with Gasteiger partial charge in [-0.3, -0.25) is 0 Å². The van der Waals surface area contributed by atoms with Crippen molar-refractivity contribution in [2.75, 3.05) is 5.32 Å². The molecule has 0 fully saturated rings. The molecule has 0 aromatic heterocycles. The lowest BCUT2D eigenvalue weighted by Crippen LogP contribution is -1.95. The lowest BCUT2D eigenvalue weighted by Gasteiger charge is -2.12. The van der Waals surface area contributed by atoms with Crippen LogP contribution in [0.5, 0.6) is 0 Å². The molecule has 0 spiro atoms. The highest BCUT2D eigenvalue weighted by Gasteiger charge is 2.06. The highest BCUT2D eigenvalue weighted by Crippen LogP contribution is 2.29. The molecule has 1 radical (unpaired) electrons. The molecule has 0 saturated carbocycles. The zero-order chi connectivity index (χ0) is 8.67. The van der Waals surface area contributed by atoms with Crippen LogP contribution < -0.4 is 5.32 Å². The van der Waals surface area contributed by atoms with Crippen molar-refractivity contribution in [2.24, 2.45) is 0 Å². The fraction of sp³-hybridized carbons (Fsp3) is 0. The van der Waals surface area contributed by atoms with E-state index >= 15 is 0 Å². The minimum atomic E-state index is 1.08. The Morgan fingerprint density at radius 3 is 3.15 bits per heavy atom.